The number of fused-ring (bicyclic) bond motifs is 3. The maximum absolute atomic E-state index is 14.1. The van der Waals surface area contributed by atoms with E-state index < -0.39 is 41.7 Å². The Bertz CT molecular complexity index is 1730. The van der Waals surface area contributed by atoms with Crippen LogP contribution >= 0.6 is 0 Å². The van der Waals surface area contributed by atoms with E-state index in [0.717, 1.165) is 44.1 Å². The molecule has 1 aromatic heterocycles. The molecule has 4 aliphatic rings. The summed E-state index contributed by atoms with van der Waals surface area (Å²) in [6.07, 6.45) is 14.7. The molecule has 0 spiro atoms. The molecule has 1 aromatic carbocycles. The minimum Gasteiger partial charge on any atom is -0.496 e. The minimum absolute atomic E-state index is 0.0141. The Balaban J connectivity index is 1.28. The molecule has 272 valence electrons. The summed E-state index contributed by atoms with van der Waals surface area (Å²) < 4.78 is 23.4. The minimum atomic E-state index is -1.43. The van der Waals surface area contributed by atoms with Gasteiger partial charge in [-0.1, -0.05) is 24.5 Å². The molecule has 5 atom stereocenters. The van der Waals surface area contributed by atoms with Gasteiger partial charge in [-0.2, -0.15) is 0 Å². The van der Waals surface area contributed by atoms with Gasteiger partial charge in [0.2, 0.25) is 17.7 Å². The van der Waals surface area contributed by atoms with E-state index >= 15 is 0 Å². The first-order valence-corrected chi connectivity index (χ1v) is 17.8. The number of carboxylic acids is 1. The Kier molecular flexibility index (Phi) is 10.9. The van der Waals surface area contributed by atoms with Gasteiger partial charge in [0.05, 0.1) is 19.2 Å². The van der Waals surface area contributed by atoms with Crippen LogP contribution < -0.4 is 24.8 Å². The standard InChI is InChI=1S/C38H46N4O9/c1-4-17-49-32-20-31(28-15-16-30(48-3)23(2)34(28)40-32)50-27-19-29-35(44)41-38(36(45)46)21-24(38)11-7-5-6-8-12-25(18-33(43)42(29)22-27)39-37(47)51-26-13-9-10-14-26/h1,7,11,15-16,20,24-27,29H,5-6,8-10,12-14,17-19,21-22H2,2-3H3,(H,39,47)(H,41,44)(H,45,46)/b11-7-/t24-,25+,27-,29+,38-/m1/s1. The van der Waals surface area contributed by atoms with Crippen LogP contribution in [0.5, 0.6) is 17.4 Å². The number of carbonyl (C=O) groups excluding carboxylic acids is 3. The van der Waals surface area contributed by atoms with Crippen molar-refractivity contribution < 1.29 is 43.2 Å². The molecule has 3 N–H and O–H groups in total. The first-order chi connectivity index (χ1) is 24.6. The number of aliphatic carboxylic acids is 1. The molecule has 0 unspecified atom stereocenters. The first-order valence-electron chi connectivity index (χ1n) is 17.8. The van der Waals surface area contributed by atoms with Crippen LogP contribution in [0.3, 0.4) is 0 Å². The second kappa shape index (κ2) is 15.5. The van der Waals surface area contributed by atoms with Crippen LogP contribution in [0.4, 0.5) is 4.79 Å². The lowest BCUT2D eigenvalue weighted by atomic mass is 10.0. The summed E-state index contributed by atoms with van der Waals surface area (Å²) in [4.78, 5) is 59.5. The van der Waals surface area contributed by atoms with E-state index in [9.17, 15) is 24.3 Å². The summed E-state index contributed by atoms with van der Waals surface area (Å²) in [6, 6.07) is 3.73. The highest BCUT2D eigenvalue weighted by Crippen LogP contribution is 2.45. The van der Waals surface area contributed by atoms with E-state index in [-0.39, 0.29) is 56.2 Å². The van der Waals surface area contributed by atoms with Crippen LogP contribution in [0.15, 0.2) is 30.4 Å². The van der Waals surface area contributed by atoms with Gasteiger partial charge in [0, 0.05) is 41.8 Å². The number of ether oxygens (including phenoxy) is 4. The number of allylic oxidation sites excluding steroid dienone is 1. The van der Waals surface area contributed by atoms with Gasteiger partial charge < -0.3 is 39.6 Å². The van der Waals surface area contributed by atoms with Crippen molar-refractivity contribution in [2.45, 2.75) is 107 Å². The van der Waals surface area contributed by atoms with Crippen molar-refractivity contribution in [2.75, 3.05) is 20.3 Å². The van der Waals surface area contributed by atoms with Gasteiger partial charge in [-0.15, -0.1) is 6.42 Å². The molecule has 2 saturated carbocycles. The largest absolute Gasteiger partial charge is 0.496 e. The summed E-state index contributed by atoms with van der Waals surface area (Å²) >= 11 is 0. The van der Waals surface area contributed by atoms with E-state index in [2.05, 4.69) is 21.5 Å². The van der Waals surface area contributed by atoms with E-state index in [1.165, 1.54) is 4.90 Å². The molecule has 1 saturated heterocycles. The number of alkyl carbamates (subject to hydrolysis) is 1. The second-order valence-corrected chi connectivity index (χ2v) is 13.9. The van der Waals surface area contributed by atoms with Crippen molar-refractivity contribution in [2.24, 2.45) is 5.92 Å². The van der Waals surface area contributed by atoms with Crippen molar-refractivity contribution >= 4 is 34.8 Å². The summed E-state index contributed by atoms with van der Waals surface area (Å²) in [5.41, 5.74) is -0.0942. The third kappa shape index (κ3) is 8.00. The maximum atomic E-state index is 14.1. The molecule has 2 aromatic rings. The van der Waals surface area contributed by atoms with Crippen LogP contribution in [0.1, 0.15) is 76.2 Å². The molecule has 3 heterocycles. The van der Waals surface area contributed by atoms with E-state index in [1.807, 2.05) is 25.1 Å². The molecule has 3 amide bonds. The average Bonchev–Trinajstić information content (AvgIpc) is 3.38. The SMILES string of the molecule is C#CCOc1cc(O[C@@H]2C[C@H]3C(=O)N[C@]4(C(=O)O)C[C@H]4/C=C\CCCC[C@H](NC(=O)OC4CCCC4)CC(=O)N3C2)c2ccc(OC)c(C)c2n1. The number of terminal acetylenes is 1. The molecular weight excluding hydrogens is 656 g/mol. The monoisotopic (exact) mass is 702 g/mol. The van der Waals surface area contributed by atoms with Gasteiger partial charge in [0.15, 0.2) is 6.61 Å². The zero-order chi connectivity index (χ0) is 36.1. The lowest BCUT2D eigenvalue weighted by Crippen LogP contribution is -2.53. The number of benzene rings is 1. The number of methoxy groups -OCH3 is 1. The summed E-state index contributed by atoms with van der Waals surface area (Å²) in [6.45, 7) is 1.91. The molecule has 2 aliphatic heterocycles. The van der Waals surface area contributed by atoms with Gasteiger partial charge in [0.1, 0.15) is 35.3 Å². The topological polar surface area (TPSA) is 166 Å². The Morgan fingerprint density at radius 1 is 1.14 bits per heavy atom. The lowest BCUT2D eigenvalue weighted by molar-refractivity contribution is -0.145. The van der Waals surface area contributed by atoms with Crippen molar-refractivity contribution in [3.05, 3.63) is 35.9 Å². The number of hydrogen-bond acceptors (Lipinski definition) is 9. The van der Waals surface area contributed by atoms with Gasteiger partial charge >= 0.3 is 12.1 Å². The van der Waals surface area contributed by atoms with Gasteiger partial charge in [-0.3, -0.25) is 9.59 Å². The van der Waals surface area contributed by atoms with E-state index in [1.54, 1.807) is 19.2 Å². The van der Waals surface area contributed by atoms with E-state index in [4.69, 9.17) is 25.4 Å². The van der Waals surface area contributed by atoms with Crippen LogP contribution in [0, 0.1) is 25.2 Å². The molecular formula is C38H46N4O9. The Labute approximate surface area is 297 Å². The molecule has 13 nitrogen and oxygen atoms in total. The normalized spacial score (nSPS) is 27.5. The molecule has 0 radical (unpaired) electrons. The smallest absolute Gasteiger partial charge is 0.407 e. The summed E-state index contributed by atoms with van der Waals surface area (Å²) in [5.74, 6) is 1.33. The number of hydrogen-bond donors (Lipinski definition) is 3. The maximum Gasteiger partial charge on any atom is 0.407 e. The van der Waals surface area contributed by atoms with Gasteiger partial charge in [0.25, 0.3) is 0 Å². The number of pyridine rings is 1. The number of carbonyl (C=O) groups is 4. The van der Waals surface area contributed by atoms with Crippen molar-refractivity contribution in [3.63, 3.8) is 0 Å². The van der Waals surface area contributed by atoms with Crippen molar-refractivity contribution in [3.8, 4) is 29.7 Å². The number of amides is 3. The fraction of sp³-hybridized carbons (Fsp3) is 0.553. The highest BCUT2D eigenvalue weighted by molar-refractivity contribution is 5.95. The zero-order valence-corrected chi connectivity index (χ0v) is 29.2. The zero-order valence-electron chi connectivity index (χ0n) is 29.2. The number of rotatable bonds is 8. The van der Waals surface area contributed by atoms with E-state index in [0.29, 0.717) is 35.2 Å². The second-order valence-electron chi connectivity index (χ2n) is 13.9. The molecule has 6 rings (SSSR count). The number of nitrogens with one attached hydrogen (secondary N) is 2. The molecule has 13 heteroatoms. The van der Waals surface area contributed by atoms with Crippen LogP contribution in [-0.4, -0.2) is 89.0 Å². The van der Waals surface area contributed by atoms with Crippen molar-refractivity contribution in [1.29, 1.82) is 0 Å². The number of nitrogens with zero attached hydrogens (tertiary/aromatic N) is 2. The van der Waals surface area contributed by atoms with Crippen LogP contribution in [0.2, 0.25) is 0 Å². The third-order valence-corrected chi connectivity index (χ3v) is 10.4. The van der Waals surface area contributed by atoms with Gasteiger partial charge in [-0.25, -0.2) is 14.6 Å². The average molecular weight is 703 g/mol. The predicted octanol–water partition coefficient (Wildman–Crippen LogP) is 4.43. The van der Waals surface area contributed by atoms with Crippen molar-refractivity contribution in [1.82, 2.24) is 20.5 Å². The highest BCUT2D eigenvalue weighted by atomic mass is 16.6. The molecule has 0 bridgehead atoms. The fourth-order valence-corrected chi connectivity index (χ4v) is 7.54. The quantitative estimate of drug-likeness (QED) is 0.265. The van der Waals surface area contributed by atoms with Gasteiger partial charge in [-0.05, 0) is 70.4 Å². The van der Waals surface area contributed by atoms with Crippen LogP contribution in [0.25, 0.3) is 10.9 Å². The van der Waals surface area contributed by atoms with Crippen LogP contribution in [-0.2, 0) is 19.1 Å². The predicted molar refractivity (Wildman–Crippen MR) is 186 cm³/mol. The number of aryl methyl sites for hydroxylation is 1. The first kappa shape index (κ1) is 35.8. The Morgan fingerprint density at radius 2 is 1.92 bits per heavy atom. The summed E-state index contributed by atoms with van der Waals surface area (Å²) in [7, 11) is 1.57. The third-order valence-electron chi connectivity index (χ3n) is 10.4. The molecule has 2 aliphatic carbocycles. The highest BCUT2D eigenvalue weighted by Gasteiger charge is 2.61. The Hall–Kier alpha value is -4.99. The number of carboxylic acid groups (broad SMARTS) is 1. The Morgan fingerprint density at radius 3 is 2.67 bits per heavy atom. The summed E-state index contributed by atoms with van der Waals surface area (Å²) in [5, 5.41) is 16.5. The number of aromatic nitrogens is 1. The molecule has 3 fully saturated rings. The molecule has 51 heavy (non-hydrogen) atoms. The fourth-order valence-electron chi connectivity index (χ4n) is 7.54. The lowest BCUT2D eigenvalue weighted by Gasteiger charge is -2.27.